The van der Waals surface area contributed by atoms with E-state index in [0.717, 1.165) is 28.2 Å². The van der Waals surface area contributed by atoms with Gasteiger partial charge in [-0.2, -0.15) is 0 Å². The summed E-state index contributed by atoms with van der Waals surface area (Å²) < 4.78 is 7.19. The summed E-state index contributed by atoms with van der Waals surface area (Å²) in [6, 6.07) is 13.4. The number of halogens is 1. The lowest BCUT2D eigenvalue weighted by molar-refractivity contribution is -0.113. The van der Waals surface area contributed by atoms with Crippen molar-refractivity contribution >= 4 is 35.0 Å². The number of ether oxygens (including phenoxy) is 1. The Morgan fingerprint density at radius 3 is 2.48 bits per heavy atom. The van der Waals surface area contributed by atoms with Gasteiger partial charge in [0.05, 0.1) is 18.9 Å². The van der Waals surface area contributed by atoms with Crippen molar-refractivity contribution in [3.8, 4) is 11.4 Å². The molecule has 1 heterocycles. The molecule has 0 spiro atoms. The average molecular weight is 431 g/mol. The molecule has 0 saturated carbocycles. The van der Waals surface area contributed by atoms with Crippen LogP contribution in [-0.2, 0) is 16.1 Å². The number of amides is 1. The molecule has 0 aliphatic carbocycles. The highest BCUT2D eigenvalue weighted by molar-refractivity contribution is 7.99. The van der Waals surface area contributed by atoms with Crippen molar-refractivity contribution in [2.24, 2.45) is 0 Å². The topological polar surface area (TPSA) is 69.0 Å². The van der Waals surface area contributed by atoms with Crippen LogP contribution in [0.3, 0.4) is 0 Å². The smallest absolute Gasteiger partial charge is 0.234 e. The van der Waals surface area contributed by atoms with Crippen LogP contribution in [0.15, 0.2) is 47.6 Å². The van der Waals surface area contributed by atoms with Gasteiger partial charge in [0.1, 0.15) is 0 Å². The number of rotatable bonds is 8. The first-order valence-corrected chi connectivity index (χ1v) is 10.5. The number of methoxy groups -OCH3 is 1. The molecule has 0 fully saturated rings. The lowest BCUT2D eigenvalue weighted by atomic mass is 10.1. The highest BCUT2D eigenvalue weighted by Gasteiger charge is 2.16. The number of carbonyl (C=O) groups is 1. The summed E-state index contributed by atoms with van der Waals surface area (Å²) in [5.74, 6) is 0.873. The van der Waals surface area contributed by atoms with Gasteiger partial charge >= 0.3 is 0 Å². The Morgan fingerprint density at radius 1 is 1.14 bits per heavy atom. The van der Waals surface area contributed by atoms with Crippen LogP contribution >= 0.6 is 23.4 Å². The Labute approximate surface area is 179 Å². The third-order valence-electron chi connectivity index (χ3n) is 4.42. The van der Waals surface area contributed by atoms with E-state index >= 15 is 0 Å². The number of thioether (sulfide) groups is 1. The highest BCUT2D eigenvalue weighted by atomic mass is 35.5. The summed E-state index contributed by atoms with van der Waals surface area (Å²) in [5.41, 5.74) is 3.85. The summed E-state index contributed by atoms with van der Waals surface area (Å²) >= 11 is 7.34. The standard InChI is InChI=1S/C21H23ClN4O2S/c1-14-5-4-6-15(2)19(14)23-18(27)13-29-21-25-24-20(26(21)11-12-28-3)16-7-9-17(22)10-8-16/h4-10H,11-13H2,1-3H3,(H,23,27). The first kappa shape index (κ1) is 21.4. The highest BCUT2D eigenvalue weighted by Crippen LogP contribution is 2.26. The van der Waals surface area contributed by atoms with E-state index in [1.54, 1.807) is 7.11 Å². The van der Waals surface area contributed by atoms with Crippen molar-refractivity contribution in [3.63, 3.8) is 0 Å². The first-order valence-electron chi connectivity index (χ1n) is 9.16. The van der Waals surface area contributed by atoms with Crippen LogP contribution < -0.4 is 5.32 Å². The molecule has 0 aliphatic heterocycles. The normalized spacial score (nSPS) is 10.9. The molecule has 0 bridgehead atoms. The third kappa shape index (κ3) is 5.38. The van der Waals surface area contributed by atoms with Gasteiger partial charge in [0, 0.05) is 23.4 Å². The van der Waals surface area contributed by atoms with Gasteiger partial charge in [-0.25, -0.2) is 0 Å². The van der Waals surface area contributed by atoms with E-state index in [2.05, 4.69) is 15.5 Å². The van der Waals surface area contributed by atoms with Crippen LogP contribution in [0.4, 0.5) is 5.69 Å². The molecule has 0 unspecified atom stereocenters. The van der Waals surface area contributed by atoms with Crippen molar-refractivity contribution in [2.75, 3.05) is 24.8 Å². The van der Waals surface area contributed by atoms with Crippen molar-refractivity contribution in [2.45, 2.75) is 25.5 Å². The van der Waals surface area contributed by atoms with E-state index in [1.807, 2.05) is 60.9 Å². The Morgan fingerprint density at radius 2 is 1.83 bits per heavy atom. The van der Waals surface area contributed by atoms with Crippen LogP contribution in [0.1, 0.15) is 11.1 Å². The van der Waals surface area contributed by atoms with Crippen LogP contribution in [0.5, 0.6) is 0 Å². The summed E-state index contributed by atoms with van der Waals surface area (Å²) in [7, 11) is 1.65. The van der Waals surface area contributed by atoms with Crippen molar-refractivity contribution in [3.05, 3.63) is 58.6 Å². The molecule has 1 amide bonds. The quantitative estimate of drug-likeness (QED) is 0.529. The number of hydrogen-bond acceptors (Lipinski definition) is 5. The van der Waals surface area contributed by atoms with E-state index in [-0.39, 0.29) is 11.7 Å². The predicted octanol–water partition coefficient (Wildman–Crippen LogP) is 4.59. The molecule has 1 aromatic heterocycles. The molecule has 8 heteroatoms. The lowest BCUT2D eigenvalue weighted by Gasteiger charge is -2.12. The number of para-hydroxylation sites is 1. The minimum atomic E-state index is -0.0817. The van der Waals surface area contributed by atoms with Gasteiger partial charge in [0.15, 0.2) is 11.0 Å². The van der Waals surface area contributed by atoms with E-state index in [1.165, 1.54) is 11.8 Å². The molecule has 3 rings (SSSR count). The largest absolute Gasteiger partial charge is 0.383 e. The Balaban J connectivity index is 1.74. The van der Waals surface area contributed by atoms with E-state index in [0.29, 0.717) is 23.3 Å². The van der Waals surface area contributed by atoms with Gasteiger partial charge in [-0.15, -0.1) is 10.2 Å². The second kappa shape index (κ2) is 9.91. The maximum atomic E-state index is 12.5. The van der Waals surface area contributed by atoms with Gasteiger partial charge in [-0.05, 0) is 49.2 Å². The zero-order valence-corrected chi connectivity index (χ0v) is 18.2. The fourth-order valence-electron chi connectivity index (χ4n) is 2.91. The molecule has 2 aromatic carbocycles. The van der Waals surface area contributed by atoms with Gasteiger partial charge < -0.3 is 10.1 Å². The first-order chi connectivity index (χ1) is 14.0. The van der Waals surface area contributed by atoms with Crippen LogP contribution in [0.25, 0.3) is 11.4 Å². The lowest BCUT2D eigenvalue weighted by Crippen LogP contribution is -2.16. The molecular weight excluding hydrogens is 408 g/mol. The fraction of sp³-hybridized carbons (Fsp3) is 0.286. The zero-order chi connectivity index (χ0) is 20.8. The molecule has 152 valence electrons. The Hall–Kier alpha value is -2.35. The number of nitrogens with zero attached hydrogens (tertiary/aromatic N) is 3. The van der Waals surface area contributed by atoms with Crippen LogP contribution in [0, 0.1) is 13.8 Å². The monoisotopic (exact) mass is 430 g/mol. The molecule has 0 aliphatic rings. The number of carbonyl (C=O) groups excluding carboxylic acids is 1. The number of hydrogen-bond donors (Lipinski definition) is 1. The fourth-order valence-corrected chi connectivity index (χ4v) is 3.80. The minimum Gasteiger partial charge on any atom is -0.383 e. The molecule has 0 saturated heterocycles. The molecule has 0 atom stereocenters. The molecule has 1 N–H and O–H groups in total. The number of aryl methyl sites for hydroxylation is 2. The molecule has 0 radical (unpaired) electrons. The molecule has 29 heavy (non-hydrogen) atoms. The summed E-state index contributed by atoms with van der Waals surface area (Å²) in [6.45, 7) is 5.06. The summed E-state index contributed by atoms with van der Waals surface area (Å²) in [5, 5.41) is 12.9. The third-order valence-corrected chi connectivity index (χ3v) is 5.63. The van der Waals surface area contributed by atoms with Crippen molar-refractivity contribution < 1.29 is 9.53 Å². The summed E-state index contributed by atoms with van der Waals surface area (Å²) in [6.07, 6.45) is 0. The van der Waals surface area contributed by atoms with E-state index in [4.69, 9.17) is 16.3 Å². The maximum Gasteiger partial charge on any atom is 0.234 e. The summed E-state index contributed by atoms with van der Waals surface area (Å²) in [4.78, 5) is 12.5. The second-order valence-corrected chi connectivity index (χ2v) is 7.94. The number of aromatic nitrogens is 3. The zero-order valence-electron chi connectivity index (χ0n) is 16.6. The number of benzene rings is 2. The van der Waals surface area contributed by atoms with Gasteiger partial charge in [0.25, 0.3) is 0 Å². The van der Waals surface area contributed by atoms with Crippen LogP contribution in [-0.4, -0.2) is 40.1 Å². The van der Waals surface area contributed by atoms with Gasteiger partial charge in [-0.3, -0.25) is 9.36 Å². The van der Waals surface area contributed by atoms with E-state index < -0.39 is 0 Å². The van der Waals surface area contributed by atoms with Gasteiger partial charge in [-0.1, -0.05) is 41.6 Å². The number of nitrogens with one attached hydrogen (secondary N) is 1. The minimum absolute atomic E-state index is 0.0817. The SMILES string of the molecule is COCCn1c(SCC(=O)Nc2c(C)cccc2C)nnc1-c1ccc(Cl)cc1. The van der Waals surface area contributed by atoms with Crippen molar-refractivity contribution in [1.82, 2.24) is 14.8 Å². The molecule has 3 aromatic rings. The Bertz CT molecular complexity index is 969. The van der Waals surface area contributed by atoms with Gasteiger partial charge in [0.2, 0.25) is 5.91 Å². The Kier molecular flexibility index (Phi) is 7.30. The van der Waals surface area contributed by atoms with Crippen molar-refractivity contribution in [1.29, 1.82) is 0 Å². The number of anilines is 1. The second-order valence-electron chi connectivity index (χ2n) is 6.56. The van der Waals surface area contributed by atoms with E-state index in [9.17, 15) is 4.79 Å². The predicted molar refractivity (Wildman–Crippen MR) is 118 cm³/mol. The molecular formula is C21H23ClN4O2S. The average Bonchev–Trinajstić information content (AvgIpc) is 3.11. The molecule has 6 nitrogen and oxygen atoms in total. The maximum absolute atomic E-state index is 12.5. The van der Waals surface area contributed by atoms with Crippen LogP contribution in [0.2, 0.25) is 5.02 Å².